The highest BCUT2D eigenvalue weighted by Crippen LogP contribution is 2.38. The molecule has 1 aromatic carbocycles. The monoisotopic (exact) mass is 350 g/mol. The maximum Gasteiger partial charge on any atom is 0.407 e. The number of carboxylic acid groups (broad SMARTS) is 1. The van der Waals surface area contributed by atoms with Gasteiger partial charge in [-0.05, 0) is 35.7 Å². The van der Waals surface area contributed by atoms with Gasteiger partial charge in [0.15, 0.2) is 8.32 Å². The molecule has 0 unspecified atom stereocenters. The Morgan fingerprint density at radius 3 is 2.46 bits per heavy atom. The second kappa shape index (κ2) is 6.86. The van der Waals surface area contributed by atoms with Gasteiger partial charge >= 0.3 is 6.09 Å². The van der Waals surface area contributed by atoms with E-state index in [1.807, 2.05) is 18.2 Å². The number of rotatable bonds is 4. The second-order valence-electron chi connectivity index (χ2n) is 8.10. The Balaban J connectivity index is 2.30. The summed E-state index contributed by atoms with van der Waals surface area (Å²) in [7, 11) is -2.03. The first kappa shape index (κ1) is 19.0. The number of hydrogen-bond donors (Lipinski definition) is 2. The van der Waals surface area contributed by atoms with Crippen LogP contribution in [0.2, 0.25) is 18.1 Å². The van der Waals surface area contributed by atoms with E-state index in [-0.39, 0.29) is 17.2 Å². The lowest BCUT2D eigenvalue weighted by atomic mass is 9.91. The molecule has 2 rings (SSSR count). The number of carbonyl (C=O) groups is 1. The number of fused-ring (bicyclic) bond motifs is 1. The summed E-state index contributed by atoms with van der Waals surface area (Å²) in [6.45, 7) is 11.6. The molecule has 0 bridgehead atoms. The molecule has 24 heavy (non-hydrogen) atoms. The molecule has 1 aromatic rings. The van der Waals surface area contributed by atoms with Crippen molar-refractivity contribution in [3.63, 3.8) is 0 Å². The van der Waals surface area contributed by atoms with Crippen molar-refractivity contribution in [2.24, 2.45) is 5.73 Å². The van der Waals surface area contributed by atoms with Crippen LogP contribution in [0.25, 0.3) is 0 Å². The summed E-state index contributed by atoms with van der Waals surface area (Å²) in [5.74, 6) is 0. The van der Waals surface area contributed by atoms with E-state index >= 15 is 0 Å². The van der Waals surface area contributed by atoms with Crippen LogP contribution >= 0.6 is 0 Å². The van der Waals surface area contributed by atoms with Crippen LogP contribution < -0.4 is 5.73 Å². The van der Waals surface area contributed by atoms with Crippen molar-refractivity contribution >= 4 is 14.4 Å². The van der Waals surface area contributed by atoms with E-state index in [2.05, 4.69) is 39.9 Å². The summed E-state index contributed by atoms with van der Waals surface area (Å²) in [5.41, 5.74) is 8.27. The Bertz CT molecular complexity index is 598. The van der Waals surface area contributed by atoms with E-state index in [1.165, 1.54) is 10.5 Å². The van der Waals surface area contributed by atoms with Crippen LogP contribution in [0.15, 0.2) is 24.3 Å². The van der Waals surface area contributed by atoms with E-state index in [0.717, 1.165) is 5.56 Å². The van der Waals surface area contributed by atoms with Crippen molar-refractivity contribution in [1.29, 1.82) is 0 Å². The molecule has 0 aromatic heterocycles. The maximum absolute atomic E-state index is 11.8. The van der Waals surface area contributed by atoms with Gasteiger partial charge < -0.3 is 15.3 Å². The van der Waals surface area contributed by atoms with Crippen LogP contribution in [0, 0.1) is 0 Å². The smallest absolute Gasteiger partial charge is 0.407 e. The van der Waals surface area contributed by atoms with Crippen LogP contribution in [-0.4, -0.2) is 43.1 Å². The molecule has 134 valence electrons. The first-order valence-corrected chi connectivity index (χ1v) is 11.4. The lowest BCUT2D eigenvalue weighted by Gasteiger charge is -2.45. The molecule has 0 saturated carbocycles. The number of amides is 1. The average molecular weight is 351 g/mol. The third kappa shape index (κ3) is 3.82. The molecule has 0 fully saturated rings. The van der Waals surface area contributed by atoms with E-state index in [0.29, 0.717) is 19.5 Å². The molecular formula is C18H30N2O3Si. The number of benzene rings is 1. The third-order valence-corrected chi connectivity index (χ3v) is 9.95. The zero-order valence-corrected chi connectivity index (χ0v) is 16.4. The Hall–Kier alpha value is -1.37. The first-order chi connectivity index (χ1) is 11.1. The molecule has 5 nitrogen and oxygen atoms in total. The molecule has 1 heterocycles. The van der Waals surface area contributed by atoms with Crippen LogP contribution in [0.4, 0.5) is 4.79 Å². The maximum atomic E-state index is 11.8. The van der Waals surface area contributed by atoms with Gasteiger partial charge in [0.2, 0.25) is 0 Å². The fourth-order valence-corrected chi connectivity index (χ4v) is 4.29. The van der Waals surface area contributed by atoms with Gasteiger partial charge in [0, 0.05) is 13.1 Å². The lowest BCUT2D eigenvalue weighted by Crippen LogP contribution is -2.57. The molecule has 1 aliphatic rings. The molecule has 6 heteroatoms. The van der Waals surface area contributed by atoms with Crippen LogP contribution in [-0.2, 0) is 17.4 Å². The van der Waals surface area contributed by atoms with E-state index in [1.54, 1.807) is 0 Å². The zero-order chi connectivity index (χ0) is 18.1. The minimum absolute atomic E-state index is 0.0566. The fraction of sp³-hybridized carbons (Fsp3) is 0.611. The van der Waals surface area contributed by atoms with Crippen molar-refractivity contribution in [3.05, 3.63) is 35.4 Å². The summed E-state index contributed by atoms with van der Waals surface area (Å²) in [6, 6.07) is 7.77. The van der Waals surface area contributed by atoms with Crippen LogP contribution in [0.3, 0.4) is 0 Å². The molecular weight excluding hydrogens is 320 g/mol. The summed E-state index contributed by atoms with van der Waals surface area (Å²) >= 11 is 0. The van der Waals surface area contributed by atoms with Gasteiger partial charge in [-0.15, -0.1) is 0 Å². The van der Waals surface area contributed by atoms with Crippen molar-refractivity contribution in [2.45, 2.75) is 64.0 Å². The molecule has 2 atom stereocenters. The lowest BCUT2D eigenvalue weighted by molar-refractivity contribution is 0.0487. The van der Waals surface area contributed by atoms with Crippen LogP contribution in [0.5, 0.6) is 0 Å². The highest BCUT2D eigenvalue weighted by atomic mass is 28.4. The van der Waals surface area contributed by atoms with Gasteiger partial charge in [-0.25, -0.2) is 4.79 Å². The topological polar surface area (TPSA) is 75.8 Å². The van der Waals surface area contributed by atoms with E-state index < -0.39 is 14.4 Å². The second-order valence-corrected chi connectivity index (χ2v) is 12.9. The fourth-order valence-electron chi connectivity index (χ4n) is 2.93. The molecule has 1 aliphatic heterocycles. The Kier molecular flexibility index (Phi) is 5.42. The van der Waals surface area contributed by atoms with Crippen molar-refractivity contribution in [1.82, 2.24) is 4.90 Å². The summed E-state index contributed by atoms with van der Waals surface area (Å²) in [6.07, 6.45) is -0.541. The normalized spacial score (nSPS) is 19.8. The van der Waals surface area contributed by atoms with Gasteiger partial charge in [0.25, 0.3) is 0 Å². The van der Waals surface area contributed by atoms with E-state index in [9.17, 15) is 9.90 Å². The van der Waals surface area contributed by atoms with Crippen molar-refractivity contribution < 1.29 is 14.3 Å². The highest BCUT2D eigenvalue weighted by Gasteiger charge is 2.43. The Morgan fingerprint density at radius 2 is 1.96 bits per heavy atom. The van der Waals surface area contributed by atoms with Gasteiger partial charge in [-0.1, -0.05) is 45.0 Å². The van der Waals surface area contributed by atoms with Crippen molar-refractivity contribution in [2.75, 3.05) is 6.54 Å². The molecule has 0 saturated heterocycles. The number of nitrogens with zero attached hydrogens (tertiary/aromatic N) is 1. The molecule has 1 amide bonds. The predicted molar refractivity (Wildman–Crippen MR) is 98.6 cm³/mol. The van der Waals surface area contributed by atoms with Gasteiger partial charge in [-0.2, -0.15) is 0 Å². The van der Waals surface area contributed by atoms with Crippen molar-refractivity contribution in [3.8, 4) is 0 Å². The number of hydrogen-bond acceptors (Lipinski definition) is 3. The SMILES string of the molecule is CC(C)(C)[Si](C)(C)O[C@H](CN)[C@@H]1Cc2ccccc2CN1C(=O)O. The third-order valence-electron chi connectivity index (χ3n) is 5.45. The minimum Gasteiger partial charge on any atom is -0.465 e. The molecule has 3 N–H and O–H groups in total. The largest absolute Gasteiger partial charge is 0.465 e. The van der Waals surface area contributed by atoms with E-state index in [4.69, 9.17) is 10.2 Å². The Labute approximate surface area is 145 Å². The average Bonchev–Trinajstić information content (AvgIpc) is 2.50. The first-order valence-electron chi connectivity index (χ1n) is 8.51. The standard InChI is InChI=1S/C18H30N2O3Si/c1-18(2,3)24(4,5)23-16(11-19)15-10-13-8-6-7-9-14(13)12-20(15)17(21)22/h6-9,15-16H,10-12,19H2,1-5H3,(H,21,22)/t15-,16+/m0/s1. The Morgan fingerprint density at radius 1 is 1.38 bits per heavy atom. The van der Waals surface area contributed by atoms with Gasteiger partial charge in [0.1, 0.15) is 0 Å². The van der Waals surface area contributed by atoms with Gasteiger partial charge in [-0.3, -0.25) is 4.90 Å². The number of nitrogens with two attached hydrogens (primary N) is 1. The quantitative estimate of drug-likeness (QED) is 0.816. The summed E-state index contributed by atoms with van der Waals surface area (Å²) in [4.78, 5) is 13.3. The zero-order valence-electron chi connectivity index (χ0n) is 15.4. The van der Waals surface area contributed by atoms with Crippen LogP contribution in [0.1, 0.15) is 31.9 Å². The molecule has 0 spiro atoms. The molecule has 0 aliphatic carbocycles. The molecule has 0 radical (unpaired) electrons. The minimum atomic E-state index is -2.03. The predicted octanol–water partition coefficient (Wildman–Crippen LogP) is 3.44. The summed E-state index contributed by atoms with van der Waals surface area (Å²) in [5, 5.41) is 9.73. The highest BCUT2D eigenvalue weighted by molar-refractivity contribution is 6.74. The van der Waals surface area contributed by atoms with Gasteiger partial charge in [0.05, 0.1) is 12.1 Å². The summed E-state index contributed by atoms with van der Waals surface area (Å²) < 4.78 is 6.50.